The Labute approximate surface area is 240 Å². The van der Waals surface area contributed by atoms with E-state index in [2.05, 4.69) is 38.3 Å². The second-order valence-corrected chi connectivity index (χ2v) is 14.4. The van der Waals surface area contributed by atoms with Gasteiger partial charge in [-0.1, -0.05) is 78.1 Å². The van der Waals surface area contributed by atoms with Crippen LogP contribution in [-0.4, -0.2) is 41.0 Å². The van der Waals surface area contributed by atoms with Crippen LogP contribution in [0.1, 0.15) is 169 Å². The molecular weight excluding hydrogens is 484 g/mol. The van der Waals surface area contributed by atoms with Crippen molar-refractivity contribution in [2.24, 2.45) is 5.92 Å². The van der Waals surface area contributed by atoms with E-state index >= 15 is 0 Å². The van der Waals surface area contributed by atoms with Gasteiger partial charge in [-0.05, 0) is 96.8 Å². The van der Waals surface area contributed by atoms with Crippen LogP contribution >= 0.6 is 0 Å². The van der Waals surface area contributed by atoms with Gasteiger partial charge in [0.15, 0.2) is 0 Å². The standard InChI is InChI=1S/C34H62N2O3/c1-5-31(3,28-17-13-9-7-10-14-18-28)39-32(4,6-2)36-34-24-21-33(22-25-34,23-26-34)35-30(37)27-38-29-19-15-11-8-12-16-20-29/h28-29,36H,5-27H2,1-4H3,(H,35,37). The summed E-state index contributed by atoms with van der Waals surface area (Å²) in [7, 11) is 0. The highest BCUT2D eigenvalue weighted by Crippen LogP contribution is 2.49. The van der Waals surface area contributed by atoms with E-state index in [4.69, 9.17) is 9.47 Å². The minimum atomic E-state index is -0.320. The number of ether oxygens (including phenoxy) is 2. The summed E-state index contributed by atoms with van der Waals surface area (Å²) in [6.45, 7) is 9.54. The van der Waals surface area contributed by atoms with Crippen LogP contribution in [0.2, 0.25) is 0 Å². The van der Waals surface area contributed by atoms with Crippen LogP contribution in [0, 0.1) is 5.92 Å². The Morgan fingerprint density at radius 2 is 1.21 bits per heavy atom. The Morgan fingerprint density at radius 3 is 1.72 bits per heavy atom. The molecule has 2 N–H and O–H groups in total. The van der Waals surface area contributed by atoms with Crippen LogP contribution in [0.5, 0.6) is 0 Å². The minimum Gasteiger partial charge on any atom is -0.368 e. The molecule has 5 saturated carbocycles. The number of carbonyl (C=O) groups excluding carboxylic acids is 1. The highest BCUT2D eigenvalue weighted by Gasteiger charge is 2.52. The van der Waals surface area contributed by atoms with Gasteiger partial charge in [-0.15, -0.1) is 0 Å². The van der Waals surface area contributed by atoms with Crippen LogP contribution in [-0.2, 0) is 14.3 Å². The van der Waals surface area contributed by atoms with Crippen LogP contribution in [0.4, 0.5) is 0 Å². The molecule has 1 amide bonds. The number of carbonyl (C=O) groups is 1. The predicted molar refractivity (Wildman–Crippen MR) is 161 cm³/mol. The van der Waals surface area contributed by atoms with Crippen LogP contribution in [0.3, 0.4) is 0 Å². The van der Waals surface area contributed by atoms with Crippen LogP contribution in [0.25, 0.3) is 0 Å². The fraction of sp³-hybridized carbons (Fsp3) is 0.971. The number of amides is 1. The summed E-state index contributed by atoms with van der Waals surface area (Å²) in [6.07, 6.45) is 27.0. The SMILES string of the molecule is CCC(C)(NC12CCC(NC(=O)COC3CCCCCCC3)(CC1)CC2)OC(C)(CC)C1CCCCCCC1. The van der Waals surface area contributed by atoms with Gasteiger partial charge < -0.3 is 14.8 Å². The lowest BCUT2D eigenvalue weighted by atomic mass is 9.61. The molecule has 0 heterocycles. The fourth-order valence-corrected chi connectivity index (χ4v) is 8.44. The summed E-state index contributed by atoms with van der Waals surface area (Å²) in [5.41, 5.74) is -0.310. The van der Waals surface area contributed by atoms with Crippen molar-refractivity contribution < 1.29 is 14.3 Å². The van der Waals surface area contributed by atoms with Crippen molar-refractivity contribution in [2.75, 3.05) is 6.61 Å². The first kappa shape index (κ1) is 31.3. The molecule has 5 aliphatic rings. The summed E-state index contributed by atoms with van der Waals surface area (Å²) < 4.78 is 13.3. The van der Waals surface area contributed by atoms with Gasteiger partial charge in [0.05, 0.1) is 11.7 Å². The Hall–Kier alpha value is -0.650. The van der Waals surface area contributed by atoms with Crippen molar-refractivity contribution in [3.8, 4) is 0 Å². The zero-order chi connectivity index (χ0) is 27.8. The summed E-state index contributed by atoms with van der Waals surface area (Å²) in [5, 5.41) is 7.59. The van der Waals surface area contributed by atoms with E-state index in [9.17, 15) is 4.79 Å². The van der Waals surface area contributed by atoms with Gasteiger partial charge in [0.1, 0.15) is 12.3 Å². The molecule has 0 aromatic carbocycles. The lowest BCUT2D eigenvalue weighted by molar-refractivity contribution is -0.201. The van der Waals surface area contributed by atoms with Crippen molar-refractivity contribution in [3.05, 3.63) is 0 Å². The van der Waals surface area contributed by atoms with Gasteiger partial charge in [-0.3, -0.25) is 10.1 Å². The first-order chi connectivity index (χ1) is 18.7. The molecule has 5 nitrogen and oxygen atoms in total. The molecule has 0 aliphatic heterocycles. The quantitative estimate of drug-likeness (QED) is 0.256. The average Bonchev–Trinajstić information content (AvgIpc) is 2.88. The number of hydrogen-bond donors (Lipinski definition) is 2. The third-order valence-electron chi connectivity index (χ3n) is 11.5. The van der Waals surface area contributed by atoms with Crippen LogP contribution < -0.4 is 10.6 Å². The molecule has 5 heteroatoms. The second-order valence-electron chi connectivity index (χ2n) is 14.4. The maximum absolute atomic E-state index is 13.0. The molecule has 2 bridgehead atoms. The Bertz CT molecular complexity index is 731. The monoisotopic (exact) mass is 546 g/mol. The van der Waals surface area contributed by atoms with Gasteiger partial charge in [-0.2, -0.15) is 0 Å². The molecule has 5 aliphatic carbocycles. The van der Waals surface area contributed by atoms with Crippen molar-refractivity contribution in [1.82, 2.24) is 10.6 Å². The molecule has 0 saturated heterocycles. The predicted octanol–water partition coefficient (Wildman–Crippen LogP) is 8.34. The molecule has 0 aromatic rings. The summed E-state index contributed by atoms with van der Waals surface area (Å²) in [4.78, 5) is 13.0. The van der Waals surface area contributed by atoms with E-state index in [1.807, 2.05) is 0 Å². The summed E-state index contributed by atoms with van der Waals surface area (Å²) in [5.74, 6) is 0.747. The van der Waals surface area contributed by atoms with Crippen molar-refractivity contribution in [3.63, 3.8) is 0 Å². The average molecular weight is 547 g/mol. The molecule has 2 atom stereocenters. The number of nitrogens with one attached hydrogen (secondary N) is 2. The molecule has 39 heavy (non-hydrogen) atoms. The molecule has 5 fully saturated rings. The molecule has 2 unspecified atom stereocenters. The number of fused-ring (bicyclic) bond motifs is 3. The first-order valence-electron chi connectivity index (χ1n) is 17.2. The number of hydrogen-bond acceptors (Lipinski definition) is 4. The summed E-state index contributed by atoms with van der Waals surface area (Å²) in [6, 6.07) is 0. The molecule has 0 aromatic heterocycles. The van der Waals surface area contributed by atoms with Gasteiger partial charge in [0, 0.05) is 11.1 Å². The highest BCUT2D eigenvalue weighted by atomic mass is 16.5. The number of rotatable bonds is 11. The van der Waals surface area contributed by atoms with E-state index in [1.165, 1.54) is 77.0 Å². The van der Waals surface area contributed by atoms with E-state index in [0.29, 0.717) is 5.92 Å². The minimum absolute atomic E-state index is 0.0366. The Kier molecular flexibility index (Phi) is 11.2. The smallest absolute Gasteiger partial charge is 0.246 e. The van der Waals surface area contributed by atoms with E-state index in [0.717, 1.165) is 64.2 Å². The van der Waals surface area contributed by atoms with Crippen molar-refractivity contribution in [1.29, 1.82) is 0 Å². The van der Waals surface area contributed by atoms with Gasteiger partial charge in [0.2, 0.25) is 5.91 Å². The highest BCUT2D eigenvalue weighted by molar-refractivity contribution is 5.78. The van der Waals surface area contributed by atoms with Crippen LogP contribution in [0.15, 0.2) is 0 Å². The molecule has 226 valence electrons. The third-order valence-corrected chi connectivity index (χ3v) is 11.5. The summed E-state index contributed by atoms with van der Waals surface area (Å²) >= 11 is 0. The van der Waals surface area contributed by atoms with Crippen molar-refractivity contribution in [2.45, 2.75) is 197 Å². The van der Waals surface area contributed by atoms with Gasteiger partial charge >= 0.3 is 0 Å². The van der Waals surface area contributed by atoms with E-state index in [1.54, 1.807) is 0 Å². The zero-order valence-electron chi connectivity index (χ0n) is 26.1. The molecular formula is C34H62N2O3. The van der Waals surface area contributed by atoms with E-state index < -0.39 is 0 Å². The normalized spacial score (nSPS) is 32.7. The first-order valence-corrected chi connectivity index (χ1v) is 17.2. The second kappa shape index (κ2) is 14.0. The van der Waals surface area contributed by atoms with E-state index in [-0.39, 0.29) is 41.0 Å². The molecule has 0 spiro atoms. The zero-order valence-corrected chi connectivity index (χ0v) is 26.1. The van der Waals surface area contributed by atoms with Crippen molar-refractivity contribution >= 4 is 5.91 Å². The Balaban J connectivity index is 1.29. The topological polar surface area (TPSA) is 59.6 Å². The van der Waals surface area contributed by atoms with Gasteiger partial charge in [0.25, 0.3) is 0 Å². The van der Waals surface area contributed by atoms with Gasteiger partial charge in [-0.25, -0.2) is 0 Å². The largest absolute Gasteiger partial charge is 0.368 e. The fourth-order valence-electron chi connectivity index (χ4n) is 8.44. The lowest BCUT2D eigenvalue weighted by Crippen LogP contribution is -2.68. The lowest BCUT2D eigenvalue weighted by Gasteiger charge is -2.57. The molecule has 5 rings (SSSR count). The Morgan fingerprint density at radius 1 is 0.718 bits per heavy atom. The third kappa shape index (κ3) is 8.44. The maximum atomic E-state index is 13.0. The molecule has 0 radical (unpaired) electrons. The maximum Gasteiger partial charge on any atom is 0.246 e.